The molecule has 3 N–H and O–H groups in total. The molecule has 0 atom stereocenters. The van der Waals surface area contributed by atoms with Gasteiger partial charge < -0.3 is 10.2 Å². The molecule has 0 aliphatic heterocycles. The van der Waals surface area contributed by atoms with Crippen molar-refractivity contribution in [1.29, 1.82) is 0 Å². The molecule has 0 radical (unpaired) electrons. The molecule has 0 saturated carbocycles. The summed E-state index contributed by atoms with van der Waals surface area (Å²) in [6.07, 6.45) is 0. The summed E-state index contributed by atoms with van der Waals surface area (Å²) in [4.78, 5) is 10.7. The second-order valence-electron chi connectivity index (χ2n) is 4.21. The molecule has 20 heavy (non-hydrogen) atoms. The van der Waals surface area contributed by atoms with Gasteiger partial charge in [0.15, 0.2) is 0 Å². The lowest BCUT2D eigenvalue weighted by Gasteiger charge is -2.05. The third-order valence-electron chi connectivity index (χ3n) is 2.78. The Bertz CT molecular complexity index is 648. The van der Waals surface area contributed by atoms with Crippen molar-refractivity contribution in [2.24, 2.45) is 5.10 Å². The van der Waals surface area contributed by atoms with Crippen LogP contribution in [-0.2, 0) is 0 Å². The maximum Gasteiger partial charge on any atom is 0.335 e. The molecule has 2 aromatic carbocycles. The van der Waals surface area contributed by atoms with E-state index in [1.54, 1.807) is 37.3 Å². The SMILES string of the molecule is C/C(=N/Nc1ccc(C(=O)O)cc1)c1ccccc1O. The van der Waals surface area contributed by atoms with Crippen LogP contribution in [-0.4, -0.2) is 21.9 Å². The molecular formula is C15H14N2O3. The number of hydrogen-bond acceptors (Lipinski definition) is 4. The van der Waals surface area contributed by atoms with E-state index in [0.717, 1.165) is 0 Å². The number of anilines is 1. The van der Waals surface area contributed by atoms with Crippen molar-refractivity contribution in [3.63, 3.8) is 0 Å². The zero-order valence-corrected chi connectivity index (χ0v) is 10.9. The lowest BCUT2D eigenvalue weighted by Crippen LogP contribution is -2.00. The lowest BCUT2D eigenvalue weighted by atomic mass is 10.1. The number of carbonyl (C=O) groups is 1. The molecule has 0 aromatic heterocycles. The maximum absolute atomic E-state index is 10.7. The van der Waals surface area contributed by atoms with Gasteiger partial charge >= 0.3 is 5.97 Å². The monoisotopic (exact) mass is 270 g/mol. The minimum atomic E-state index is -0.967. The number of phenolic OH excluding ortho intramolecular Hbond substituents is 1. The Kier molecular flexibility index (Phi) is 4.00. The summed E-state index contributed by atoms with van der Waals surface area (Å²) in [5.74, 6) is -0.804. The van der Waals surface area contributed by atoms with E-state index in [9.17, 15) is 9.90 Å². The van der Waals surface area contributed by atoms with E-state index < -0.39 is 5.97 Å². The largest absolute Gasteiger partial charge is 0.507 e. The Hall–Kier alpha value is -2.82. The van der Waals surface area contributed by atoms with Crippen molar-refractivity contribution < 1.29 is 15.0 Å². The molecule has 0 aliphatic carbocycles. The third kappa shape index (κ3) is 3.14. The summed E-state index contributed by atoms with van der Waals surface area (Å²) in [5.41, 5.74) is 4.98. The first kappa shape index (κ1) is 13.6. The molecule has 0 unspecified atom stereocenters. The summed E-state index contributed by atoms with van der Waals surface area (Å²) in [6.45, 7) is 1.77. The molecule has 0 saturated heterocycles. The standard InChI is InChI=1S/C15H14N2O3/c1-10(13-4-2-3-5-14(13)18)16-17-12-8-6-11(7-9-12)15(19)20/h2-9,17-18H,1H3,(H,19,20)/b16-10-. The number of para-hydroxylation sites is 1. The highest BCUT2D eigenvalue weighted by Gasteiger charge is 2.04. The highest BCUT2D eigenvalue weighted by Crippen LogP contribution is 2.17. The van der Waals surface area contributed by atoms with Crippen LogP contribution in [0.15, 0.2) is 53.6 Å². The number of rotatable bonds is 4. The van der Waals surface area contributed by atoms with E-state index in [4.69, 9.17) is 5.11 Å². The van der Waals surface area contributed by atoms with Crippen LogP contribution in [0.3, 0.4) is 0 Å². The molecule has 0 heterocycles. The van der Waals surface area contributed by atoms with Crippen LogP contribution in [0, 0.1) is 0 Å². The van der Waals surface area contributed by atoms with Crippen molar-refractivity contribution in [2.45, 2.75) is 6.92 Å². The smallest absolute Gasteiger partial charge is 0.335 e. The fourth-order valence-electron chi connectivity index (χ4n) is 1.68. The van der Waals surface area contributed by atoms with Gasteiger partial charge in [0.25, 0.3) is 0 Å². The number of benzene rings is 2. The molecule has 0 bridgehead atoms. The number of phenols is 1. The Morgan fingerprint density at radius 3 is 2.35 bits per heavy atom. The van der Waals surface area contributed by atoms with E-state index in [-0.39, 0.29) is 11.3 Å². The molecular weight excluding hydrogens is 256 g/mol. The molecule has 102 valence electrons. The van der Waals surface area contributed by atoms with Gasteiger partial charge in [0.1, 0.15) is 5.75 Å². The number of aromatic hydroxyl groups is 1. The maximum atomic E-state index is 10.7. The summed E-state index contributed by atoms with van der Waals surface area (Å²) in [6, 6.07) is 13.2. The van der Waals surface area contributed by atoms with Crippen LogP contribution >= 0.6 is 0 Å². The third-order valence-corrected chi connectivity index (χ3v) is 2.78. The average Bonchev–Trinajstić information content (AvgIpc) is 2.45. The van der Waals surface area contributed by atoms with Gasteiger partial charge in [-0.2, -0.15) is 5.10 Å². The number of nitrogens with one attached hydrogen (secondary N) is 1. The van der Waals surface area contributed by atoms with Crippen molar-refractivity contribution in [3.05, 3.63) is 59.7 Å². The topological polar surface area (TPSA) is 81.9 Å². The molecule has 0 amide bonds. The quantitative estimate of drug-likeness (QED) is 0.589. The lowest BCUT2D eigenvalue weighted by molar-refractivity contribution is 0.0697. The predicted molar refractivity (Wildman–Crippen MR) is 77.3 cm³/mol. The summed E-state index contributed by atoms with van der Waals surface area (Å²) in [7, 11) is 0. The van der Waals surface area contributed by atoms with Crippen LogP contribution in [0.1, 0.15) is 22.8 Å². The van der Waals surface area contributed by atoms with Crippen LogP contribution in [0.4, 0.5) is 5.69 Å². The number of hydrazone groups is 1. The fourth-order valence-corrected chi connectivity index (χ4v) is 1.68. The normalized spacial score (nSPS) is 11.2. The molecule has 2 aromatic rings. The van der Waals surface area contributed by atoms with Gasteiger partial charge in [-0.15, -0.1) is 0 Å². The number of carboxylic acids is 1. The number of hydrogen-bond donors (Lipinski definition) is 3. The van der Waals surface area contributed by atoms with E-state index in [1.165, 1.54) is 12.1 Å². The zero-order valence-electron chi connectivity index (χ0n) is 10.9. The minimum Gasteiger partial charge on any atom is -0.507 e. The van der Waals surface area contributed by atoms with Crippen molar-refractivity contribution in [1.82, 2.24) is 0 Å². The van der Waals surface area contributed by atoms with Crippen LogP contribution in [0.5, 0.6) is 5.75 Å². The van der Waals surface area contributed by atoms with Gasteiger partial charge in [-0.3, -0.25) is 5.43 Å². The minimum absolute atomic E-state index is 0.164. The summed E-state index contributed by atoms with van der Waals surface area (Å²) >= 11 is 0. The van der Waals surface area contributed by atoms with Crippen LogP contribution in [0.25, 0.3) is 0 Å². The Labute approximate surface area is 116 Å². The number of carboxylic acid groups (broad SMARTS) is 1. The Morgan fingerprint density at radius 1 is 1.10 bits per heavy atom. The van der Waals surface area contributed by atoms with Crippen molar-refractivity contribution in [3.8, 4) is 5.75 Å². The molecule has 0 aliphatic rings. The molecule has 5 heteroatoms. The summed E-state index contributed by atoms with van der Waals surface area (Å²) < 4.78 is 0. The molecule has 0 spiro atoms. The highest BCUT2D eigenvalue weighted by atomic mass is 16.4. The summed E-state index contributed by atoms with van der Waals surface area (Å²) in [5, 5.41) is 22.7. The van der Waals surface area contributed by atoms with Gasteiger partial charge in [-0.05, 0) is 43.3 Å². The van der Waals surface area contributed by atoms with E-state index in [2.05, 4.69) is 10.5 Å². The van der Waals surface area contributed by atoms with Gasteiger partial charge in [0.05, 0.1) is 17.0 Å². The average molecular weight is 270 g/mol. The molecule has 5 nitrogen and oxygen atoms in total. The Balaban J connectivity index is 2.13. The first-order valence-corrected chi connectivity index (χ1v) is 6.00. The van der Waals surface area contributed by atoms with Crippen molar-refractivity contribution >= 4 is 17.4 Å². The van der Waals surface area contributed by atoms with Gasteiger partial charge in [-0.25, -0.2) is 4.79 Å². The zero-order chi connectivity index (χ0) is 14.5. The Morgan fingerprint density at radius 2 is 1.75 bits per heavy atom. The van der Waals surface area contributed by atoms with Crippen molar-refractivity contribution in [2.75, 3.05) is 5.43 Å². The fraction of sp³-hybridized carbons (Fsp3) is 0.0667. The van der Waals surface area contributed by atoms with Gasteiger partial charge in [0.2, 0.25) is 0 Å². The van der Waals surface area contributed by atoms with E-state index >= 15 is 0 Å². The number of aromatic carboxylic acids is 1. The molecule has 2 rings (SSSR count). The van der Waals surface area contributed by atoms with Crippen LogP contribution < -0.4 is 5.43 Å². The van der Waals surface area contributed by atoms with E-state index in [1.807, 2.05) is 6.07 Å². The first-order valence-electron chi connectivity index (χ1n) is 6.00. The predicted octanol–water partition coefficient (Wildman–Crippen LogP) is 2.93. The number of nitrogens with zero attached hydrogens (tertiary/aromatic N) is 1. The first-order chi connectivity index (χ1) is 9.58. The second kappa shape index (κ2) is 5.88. The highest BCUT2D eigenvalue weighted by molar-refractivity contribution is 6.01. The van der Waals surface area contributed by atoms with Crippen LogP contribution in [0.2, 0.25) is 0 Å². The molecule has 0 fully saturated rings. The van der Waals surface area contributed by atoms with Gasteiger partial charge in [-0.1, -0.05) is 12.1 Å². The van der Waals surface area contributed by atoms with Gasteiger partial charge in [0, 0.05) is 5.56 Å². The van der Waals surface area contributed by atoms with E-state index in [0.29, 0.717) is 17.0 Å². The second-order valence-corrected chi connectivity index (χ2v) is 4.21.